The highest BCUT2D eigenvalue weighted by Crippen LogP contribution is 2.30. The summed E-state index contributed by atoms with van der Waals surface area (Å²) in [6, 6.07) is 27.9. The molecule has 0 fully saturated rings. The van der Waals surface area contributed by atoms with Crippen molar-refractivity contribution in [1.29, 1.82) is 0 Å². The van der Waals surface area contributed by atoms with E-state index < -0.39 is 0 Å². The lowest BCUT2D eigenvalue weighted by molar-refractivity contribution is 0.340. The van der Waals surface area contributed by atoms with Gasteiger partial charge in [0, 0.05) is 0 Å². The summed E-state index contributed by atoms with van der Waals surface area (Å²) in [6.07, 6.45) is 0. The Balaban J connectivity index is 1.81. The predicted octanol–water partition coefficient (Wildman–Crippen LogP) is 6.06. The maximum Gasteiger partial charge on any atom is 0.119 e. The summed E-state index contributed by atoms with van der Waals surface area (Å²) < 4.78 is 5.52. The second-order valence-corrected chi connectivity index (χ2v) is 5.68. The normalized spacial score (nSPS) is 11.0. The molecule has 0 saturated carbocycles. The molecule has 0 saturated heterocycles. The van der Waals surface area contributed by atoms with Gasteiger partial charge in [-0.1, -0.05) is 60.7 Å². The van der Waals surface area contributed by atoms with E-state index >= 15 is 0 Å². The Kier molecular flexibility index (Phi) is 3.47. The fourth-order valence-electron chi connectivity index (χ4n) is 3.10. The van der Waals surface area contributed by atoms with Gasteiger partial charge in [-0.2, -0.15) is 0 Å². The van der Waals surface area contributed by atoms with Gasteiger partial charge in [-0.15, -0.1) is 0 Å². The molecule has 4 rings (SSSR count). The quantitative estimate of drug-likeness (QED) is 0.418. The first-order chi connectivity index (χ1) is 11.3. The first kappa shape index (κ1) is 13.8. The van der Waals surface area contributed by atoms with Crippen LogP contribution in [0.15, 0.2) is 78.9 Å². The van der Waals surface area contributed by atoms with Crippen molar-refractivity contribution in [2.24, 2.45) is 0 Å². The second kappa shape index (κ2) is 5.77. The molecule has 0 aromatic heterocycles. The van der Waals surface area contributed by atoms with Gasteiger partial charge in [-0.25, -0.2) is 0 Å². The maximum absolute atomic E-state index is 5.52. The van der Waals surface area contributed by atoms with Crippen LogP contribution in [0, 0.1) is 0 Å². The van der Waals surface area contributed by atoms with Gasteiger partial charge in [0.05, 0.1) is 6.61 Å². The Morgan fingerprint density at radius 3 is 2.17 bits per heavy atom. The third-order valence-electron chi connectivity index (χ3n) is 4.24. The van der Waals surface area contributed by atoms with E-state index in [1.165, 1.54) is 32.7 Å². The van der Waals surface area contributed by atoms with Gasteiger partial charge >= 0.3 is 0 Å². The summed E-state index contributed by atoms with van der Waals surface area (Å²) in [6.45, 7) is 2.70. The molecule has 112 valence electrons. The van der Waals surface area contributed by atoms with Crippen molar-refractivity contribution in [3.05, 3.63) is 78.9 Å². The molecule has 0 unspecified atom stereocenters. The zero-order chi connectivity index (χ0) is 15.6. The monoisotopic (exact) mass is 298 g/mol. The molecule has 0 spiro atoms. The van der Waals surface area contributed by atoms with Crippen LogP contribution < -0.4 is 4.74 Å². The molecular formula is C22H18O. The number of fused-ring (bicyclic) bond motifs is 3. The van der Waals surface area contributed by atoms with Crippen LogP contribution in [-0.2, 0) is 0 Å². The highest BCUT2D eigenvalue weighted by molar-refractivity contribution is 6.08. The Labute approximate surface area is 136 Å². The third kappa shape index (κ3) is 2.55. The van der Waals surface area contributed by atoms with Gasteiger partial charge in [-0.05, 0) is 57.8 Å². The van der Waals surface area contributed by atoms with Crippen molar-refractivity contribution in [3.63, 3.8) is 0 Å². The van der Waals surface area contributed by atoms with Gasteiger partial charge in [0.1, 0.15) is 5.75 Å². The predicted molar refractivity (Wildman–Crippen MR) is 98.1 cm³/mol. The number of ether oxygens (including phenoxy) is 1. The second-order valence-electron chi connectivity index (χ2n) is 5.68. The maximum atomic E-state index is 5.52. The average Bonchev–Trinajstić information content (AvgIpc) is 2.62. The number of hydrogen-bond donors (Lipinski definition) is 0. The van der Waals surface area contributed by atoms with E-state index in [4.69, 9.17) is 4.74 Å². The summed E-state index contributed by atoms with van der Waals surface area (Å²) in [5, 5.41) is 5.17. The van der Waals surface area contributed by atoms with Crippen molar-refractivity contribution < 1.29 is 4.74 Å². The Hall–Kier alpha value is -2.80. The van der Waals surface area contributed by atoms with Crippen molar-refractivity contribution in [1.82, 2.24) is 0 Å². The summed E-state index contributed by atoms with van der Waals surface area (Å²) in [7, 11) is 0. The lowest BCUT2D eigenvalue weighted by Gasteiger charge is -2.08. The van der Waals surface area contributed by atoms with Crippen molar-refractivity contribution >= 4 is 21.5 Å². The van der Waals surface area contributed by atoms with E-state index in [1.807, 2.05) is 19.1 Å². The average molecular weight is 298 g/mol. The van der Waals surface area contributed by atoms with Crippen LogP contribution >= 0.6 is 0 Å². The Morgan fingerprint density at radius 1 is 0.652 bits per heavy atom. The van der Waals surface area contributed by atoms with E-state index in [1.54, 1.807) is 0 Å². The van der Waals surface area contributed by atoms with Gasteiger partial charge in [0.2, 0.25) is 0 Å². The number of hydrogen-bond acceptors (Lipinski definition) is 1. The molecule has 0 atom stereocenters. The van der Waals surface area contributed by atoms with Crippen molar-refractivity contribution in [2.75, 3.05) is 6.61 Å². The standard InChI is InChI=1S/C22H18O/c1-2-23-20-12-9-16(10-13-20)18-11-14-22-19(15-18)8-7-17-5-3-4-6-21(17)22/h3-15H,2H2,1H3. The molecule has 0 bridgehead atoms. The summed E-state index contributed by atoms with van der Waals surface area (Å²) in [5.41, 5.74) is 2.44. The molecule has 0 aliphatic heterocycles. The van der Waals surface area contributed by atoms with Crippen molar-refractivity contribution in [2.45, 2.75) is 6.92 Å². The van der Waals surface area contributed by atoms with E-state index in [2.05, 4.69) is 66.7 Å². The minimum atomic E-state index is 0.697. The number of rotatable bonds is 3. The molecule has 0 aliphatic rings. The lowest BCUT2D eigenvalue weighted by Crippen LogP contribution is -1.90. The fourth-order valence-corrected chi connectivity index (χ4v) is 3.10. The molecule has 0 N–H and O–H groups in total. The molecule has 23 heavy (non-hydrogen) atoms. The molecule has 1 heteroatoms. The largest absolute Gasteiger partial charge is 0.494 e. The molecular weight excluding hydrogens is 280 g/mol. The van der Waals surface area contributed by atoms with Gasteiger partial charge in [-0.3, -0.25) is 0 Å². The fraction of sp³-hybridized carbons (Fsp3) is 0.0909. The Bertz CT molecular complexity index is 968. The zero-order valence-electron chi connectivity index (χ0n) is 13.1. The minimum absolute atomic E-state index is 0.697. The van der Waals surface area contributed by atoms with Gasteiger partial charge in [0.15, 0.2) is 0 Å². The highest BCUT2D eigenvalue weighted by Gasteiger charge is 2.03. The molecule has 0 heterocycles. The summed E-state index contributed by atoms with van der Waals surface area (Å²) in [5.74, 6) is 0.919. The smallest absolute Gasteiger partial charge is 0.119 e. The lowest BCUT2D eigenvalue weighted by atomic mass is 9.97. The van der Waals surface area contributed by atoms with Crippen LogP contribution in [0.4, 0.5) is 0 Å². The first-order valence-electron chi connectivity index (χ1n) is 8.00. The van der Waals surface area contributed by atoms with E-state index in [0.29, 0.717) is 6.61 Å². The van der Waals surface area contributed by atoms with Crippen LogP contribution in [0.3, 0.4) is 0 Å². The summed E-state index contributed by atoms with van der Waals surface area (Å²) >= 11 is 0. The SMILES string of the molecule is CCOc1ccc(-c2ccc3c(ccc4ccccc43)c2)cc1. The third-order valence-corrected chi connectivity index (χ3v) is 4.24. The van der Waals surface area contributed by atoms with Crippen molar-refractivity contribution in [3.8, 4) is 16.9 Å². The Morgan fingerprint density at radius 2 is 1.35 bits per heavy atom. The summed E-state index contributed by atoms with van der Waals surface area (Å²) in [4.78, 5) is 0. The van der Waals surface area contributed by atoms with Gasteiger partial charge < -0.3 is 4.74 Å². The number of benzene rings is 4. The van der Waals surface area contributed by atoms with Crippen LogP contribution in [0.2, 0.25) is 0 Å². The van der Waals surface area contributed by atoms with Gasteiger partial charge in [0.25, 0.3) is 0 Å². The molecule has 4 aromatic carbocycles. The van der Waals surface area contributed by atoms with Crippen LogP contribution in [0.1, 0.15) is 6.92 Å². The molecule has 0 radical (unpaired) electrons. The van der Waals surface area contributed by atoms with Crippen LogP contribution in [0.5, 0.6) is 5.75 Å². The van der Waals surface area contributed by atoms with Crippen LogP contribution in [-0.4, -0.2) is 6.61 Å². The van der Waals surface area contributed by atoms with E-state index in [0.717, 1.165) is 5.75 Å². The zero-order valence-corrected chi connectivity index (χ0v) is 13.1. The van der Waals surface area contributed by atoms with E-state index in [-0.39, 0.29) is 0 Å². The molecule has 4 aromatic rings. The molecule has 0 aliphatic carbocycles. The van der Waals surface area contributed by atoms with E-state index in [9.17, 15) is 0 Å². The topological polar surface area (TPSA) is 9.23 Å². The molecule has 1 nitrogen and oxygen atoms in total. The van der Waals surface area contributed by atoms with Crippen LogP contribution in [0.25, 0.3) is 32.7 Å². The minimum Gasteiger partial charge on any atom is -0.494 e. The first-order valence-corrected chi connectivity index (χ1v) is 8.00. The highest BCUT2D eigenvalue weighted by atomic mass is 16.5. The molecule has 0 amide bonds.